The van der Waals surface area contributed by atoms with Crippen LogP contribution in [0.5, 0.6) is 0 Å². The van der Waals surface area contributed by atoms with E-state index >= 15 is 0 Å². The number of urea groups is 1. The molecule has 9 heteroatoms. The Hall–Kier alpha value is -2.94. The lowest BCUT2D eigenvalue weighted by atomic mass is 9.78. The number of likely N-dealkylation sites (N-methyl/N-ethyl adjacent to an activating group) is 1. The van der Waals surface area contributed by atoms with Crippen LogP contribution in [0.1, 0.15) is 32.8 Å². The van der Waals surface area contributed by atoms with Crippen molar-refractivity contribution >= 4 is 23.8 Å². The molecular weight excluding hydrogens is 412 g/mol. The standard InChI is InChI=1S/C23H32N4O5/c1-6-23(21(30)32-5)18-17(16(25-23)13-26(4)22(31)24-14(2)3)19(28)27(20(18)29)12-15-10-8-7-9-11-15/h7-11,14,16-18,25H,6,12-13H2,1-5H3,(H,24,31)/t16-,17+,18-,23-/m1/s1. The summed E-state index contributed by atoms with van der Waals surface area (Å²) in [4.78, 5) is 54.9. The Morgan fingerprint density at radius 2 is 1.88 bits per heavy atom. The van der Waals surface area contributed by atoms with E-state index in [1.807, 2.05) is 44.2 Å². The molecule has 2 fully saturated rings. The van der Waals surface area contributed by atoms with E-state index < -0.39 is 29.4 Å². The Morgan fingerprint density at radius 1 is 1.22 bits per heavy atom. The Balaban J connectivity index is 1.93. The maximum Gasteiger partial charge on any atom is 0.326 e. The lowest BCUT2D eigenvalue weighted by molar-refractivity contribution is -0.154. The molecule has 4 amide bonds. The van der Waals surface area contributed by atoms with E-state index in [4.69, 9.17) is 4.74 Å². The van der Waals surface area contributed by atoms with Crippen molar-refractivity contribution in [2.24, 2.45) is 11.8 Å². The molecule has 1 aromatic rings. The average Bonchev–Trinajstić information content (AvgIpc) is 3.22. The lowest BCUT2D eigenvalue weighted by Gasteiger charge is -2.32. The molecule has 2 heterocycles. The summed E-state index contributed by atoms with van der Waals surface area (Å²) < 4.78 is 5.05. The zero-order valence-electron chi connectivity index (χ0n) is 19.3. The second-order valence-corrected chi connectivity index (χ2v) is 8.80. The van der Waals surface area contributed by atoms with Crippen LogP contribution in [-0.4, -0.2) is 71.9 Å². The third-order valence-electron chi connectivity index (χ3n) is 6.37. The monoisotopic (exact) mass is 444 g/mol. The topological polar surface area (TPSA) is 108 Å². The van der Waals surface area contributed by atoms with E-state index in [1.54, 1.807) is 14.0 Å². The molecule has 174 valence electrons. The van der Waals surface area contributed by atoms with Gasteiger partial charge in [0, 0.05) is 25.7 Å². The van der Waals surface area contributed by atoms with Gasteiger partial charge in [0.1, 0.15) is 5.54 Å². The second kappa shape index (κ2) is 9.28. The van der Waals surface area contributed by atoms with Crippen LogP contribution in [0, 0.1) is 11.8 Å². The molecule has 0 aliphatic carbocycles. The maximum absolute atomic E-state index is 13.5. The number of carbonyl (C=O) groups excluding carboxylic acids is 4. The molecule has 0 bridgehead atoms. The van der Waals surface area contributed by atoms with Gasteiger partial charge in [-0.3, -0.25) is 24.6 Å². The predicted molar refractivity (Wildman–Crippen MR) is 117 cm³/mol. The normalized spacial score (nSPS) is 26.9. The number of esters is 1. The van der Waals surface area contributed by atoms with Gasteiger partial charge in [0.15, 0.2) is 0 Å². The van der Waals surface area contributed by atoms with E-state index in [1.165, 1.54) is 16.9 Å². The first-order valence-corrected chi connectivity index (χ1v) is 10.9. The summed E-state index contributed by atoms with van der Waals surface area (Å²) in [5.74, 6) is -2.95. The van der Waals surface area contributed by atoms with E-state index in [0.717, 1.165) is 5.56 Å². The average molecular weight is 445 g/mol. The third-order valence-corrected chi connectivity index (χ3v) is 6.37. The number of carbonyl (C=O) groups is 4. The number of hydrogen-bond donors (Lipinski definition) is 2. The number of methoxy groups -OCH3 is 1. The fraction of sp³-hybridized carbons (Fsp3) is 0.565. The van der Waals surface area contributed by atoms with Gasteiger partial charge < -0.3 is 15.0 Å². The molecule has 4 atom stereocenters. The van der Waals surface area contributed by atoms with E-state index in [0.29, 0.717) is 0 Å². The highest BCUT2D eigenvalue weighted by molar-refractivity contribution is 6.09. The first kappa shape index (κ1) is 23.7. The smallest absolute Gasteiger partial charge is 0.326 e. The molecule has 9 nitrogen and oxygen atoms in total. The minimum Gasteiger partial charge on any atom is -0.468 e. The Labute approximate surface area is 188 Å². The van der Waals surface area contributed by atoms with Crippen LogP contribution in [0.15, 0.2) is 30.3 Å². The summed E-state index contributed by atoms with van der Waals surface area (Å²) in [6.45, 7) is 5.81. The van der Waals surface area contributed by atoms with E-state index in [2.05, 4.69) is 10.6 Å². The van der Waals surface area contributed by atoms with Gasteiger partial charge in [-0.2, -0.15) is 0 Å². The summed E-state index contributed by atoms with van der Waals surface area (Å²) in [7, 11) is 2.90. The fourth-order valence-electron chi connectivity index (χ4n) is 4.84. The van der Waals surface area contributed by atoms with E-state index in [-0.39, 0.29) is 43.4 Å². The highest BCUT2D eigenvalue weighted by atomic mass is 16.5. The molecule has 32 heavy (non-hydrogen) atoms. The van der Waals surface area contributed by atoms with Crippen molar-refractivity contribution in [3.05, 3.63) is 35.9 Å². The van der Waals surface area contributed by atoms with Gasteiger partial charge in [-0.15, -0.1) is 0 Å². The van der Waals surface area contributed by atoms with Crippen molar-refractivity contribution in [2.75, 3.05) is 20.7 Å². The van der Waals surface area contributed by atoms with Crippen LogP contribution in [0.4, 0.5) is 4.79 Å². The molecule has 0 spiro atoms. The number of rotatable bonds is 7. The van der Waals surface area contributed by atoms with Crippen molar-refractivity contribution in [3.8, 4) is 0 Å². The van der Waals surface area contributed by atoms with Crippen LogP contribution in [0.2, 0.25) is 0 Å². The molecular formula is C23H32N4O5. The molecule has 0 saturated carbocycles. The first-order valence-electron chi connectivity index (χ1n) is 10.9. The van der Waals surface area contributed by atoms with Crippen molar-refractivity contribution in [1.82, 2.24) is 20.4 Å². The number of fused-ring (bicyclic) bond motifs is 1. The third kappa shape index (κ3) is 4.09. The van der Waals surface area contributed by atoms with Crippen LogP contribution < -0.4 is 10.6 Å². The van der Waals surface area contributed by atoms with Crippen LogP contribution >= 0.6 is 0 Å². The number of hydrogen-bond acceptors (Lipinski definition) is 6. The fourth-order valence-corrected chi connectivity index (χ4v) is 4.84. The van der Waals surface area contributed by atoms with Crippen molar-refractivity contribution < 1.29 is 23.9 Å². The Kier molecular flexibility index (Phi) is 6.88. The molecule has 1 aromatic carbocycles. The SMILES string of the molecule is CC[C@@]1(C(=O)OC)N[C@H](CN(C)C(=O)NC(C)C)[C@@H]2C(=O)N(Cc3ccccc3)C(=O)[C@@H]21. The zero-order chi connectivity index (χ0) is 23.6. The molecule has 0 radical (unpaired) electrons. The quantitative estimate of drug-likeness (QED) is 0.482. The molecule has 2 N–H and O–H groups in total. The van der Waals surface area contributed by atoms with Crippen molar-refractivity contribution in [3.63, 3.8) is 0 Å². The molecule has 2 aliphatic heterocycles. The number of ether oxygens (including phenoxy) is 1. The van der Waals surface area contributed by atoms with Gasteiger partial charge in [-0.1, -0.05) is 37.3 Å². The summed E-state index contributed by atoms with van der Waals surface area (Å²) >= 11 is 0. The molecule has 0 unspecified atom stereocenters. The van der Waals surface area contributed by atoms with Crippen molar-refractivity contribution in [2.45, 2.75) is 51.4 Å². The number of benzene rings is 1. The van der Waals surface area contributed by atoms with Crippen molar-refractivity contribution in [1.29, 1.82) is 0 Å². The number of likely N-dealkylation sites (tertiary alicyclic amines) is 1. The predicted octanol–water partition coefficient (Wildman–Crippen LogP) is 1.13. The largest absolute Gasteiger partial charge is 0.468 e. The molecule has 2 aliphatic rings. The van der Waals surface area contributed by atoms with Crippen LogP contribution in [0.25, 0.3) is 0 Å². The minimum atomic E-state index is -1.32. The van der Waals surface area contributed by atoms with Gasteiger partial charge in [-0.05, 0) is 25.8 Å². The number of amides is 4. The summed E-state index contributed by atoms with van der Waals surface area (Å²) in [5.41, 5.74) is -0.496. The van der Waals surface area contributed by atoms with Crippen LogP contribution in [-0.2, 0) is 25.7 Å². The maximum atomic E-state index is 13.5. The van der Waals surface area contributed by atoms with Gasteiger partial charge in [-0.25, -0.2) is 4.79 Å². The first-order chi connectivity index (χ1) is 15.2. The number of nitrogens with one attached hydrogen (secondary N) is 2. The Bertz CT molecular complexity index is 890. The van der Waals surface area contributed by atoms with Gasteiger partial charge in [0.05, 0.1) is 25.5 Å². The van der Waals surface area contributed by atoms with Gasteiger partial charge in [0.2, 0.25) is 11.8 Å². The van der Waals surface area contributed by atoms with Gasteiger partial charge in [0.25, 0.3) is 0 Å². The molecule has 0 aromatic heterocycles. The van der Waals surface area contributed by atoms with Crippen LogP contribution in [0.3, 0.4) is 0 Å². The molecule has 3 rings (SSSR count). The Morgan fingerprint density at radius 3 is 2.44 bits per heavy atom. The summed E-state index contributed by atoms with van der Waals surface area (Å²) in [5, 5.41) is 6.04. The summed E-state index contributed by atoms with van der Waals surface area (Å²) in [6, 6.07) is 8.35. The summed E-state index contributed by atoms with van der Waals surface area (Å²) in [6.07, 6.45) is 0.275. The zero-order valence-corrected chi connectivity index (χ0v) is 19.3. The second-order valence-electron chi connectivity index (χ2n) is 8.80. The number of nitrogens with zero attached hydrogens (tertiary/aromatic N) is 2. The minimum absolute atomic E-state index is 0.0462. The van der Waals surface area contributed by atoms with E-state index in [9.17, 15) is 19.2 Å². The highest BCUT2D eigenvalue weighted by Gasteiger charge is 2.67. The number of imide groups is 1. The lowest BCUT2D eigenvalue weighted by Crippen LogP contribution is -2.58. The van der Waals surface area contributed by atoms with Gasteiger partial charge >= 0.3 is 12.0 Å². The molecule has 2 saturated heterocycles. The highest BCUT2D eigenvalue weighted by Crippen LogP contribution is 2.45.